The molecule has 0 unspecified atom stereocenters. The minimum Gasteiger partial charge on any atom is -0.457 e. The van der Waals surface area contributed by atoms with Crippen molar-refractivity contribution in [3.63, 3.8) is 0 Å². The van der Waals surface area contributed by atoms with Gasteiger partial charge in [-0.05, 0) is 54.6 Å². The number of carbonyl (C=O) groups is 2. The number of fused-ring (bicyclic) bond motifs is 2. The van der Waals surface area contributed by atoms with E-state index in [1.54, 1.807) is 12.1 Å². The lowest BCUT2D eigenvalue weighted by Gasteiger charge is -2.38. The quantitative estimate of drug-likeness (QED) is 0.278. The average molecular weight is 573 g/mol. The molecule has 2 aliphatic heterocycles. The molecule has 4 aromatic rings. The third kappa shape index (κ3) is 5.60. The number of hydrogen-bond donors (Lipinski definition) is 2. The Bertz CT molecular complexity index is 1570. The second-order valence-electron chi connectivity index (χ2n) is 10.1. The van der Waals surface area contributed by atoms with E-state index < -0.39 is 23.7 Å². The van der Waals surface area contributed by atoms with Crippen LogP contribution in [0.1, 0.15) is 22.6 Å². The smallest absolute Gasteiger partial charge is 0.416 e. The molecular formula is C32H27F3N4O3. The molecular weight excluding hydrogens is 545 g/mol. The lowest BCUT2D eigenvalue weighted by atomic mass is 9.86. The van der Waals surface area contributed by atoms with Crippen LogP contribution in [0.3, 0.4) is 0 Å². The molecule has 214 valence electrons. The van der Waals surface area contributed by atoms with Gasteiger partial charge in [0.2, 0.25) is 5.91 Å². The maximum atomic E-state index is 13.8. The Morgan fingerprint density at radius 1 is 0.714 bits per heavy atom. The summed E-state index contributed by atoms with van der Waals surface area (Å²) in [5.41, 5.74) is 2.36. The van der Waals surface area contributed by atoms with Gasteiger partial charge in [0, 0.05) is 54.4 Å². The second-order valence-corrected chi connectivity index (χ2v) is 10.1. The summed E-state index contributed by atoms with van der Waals surface area (Å²) in [5, 5.41) is 5.07. The summed E-state index contributed by atoms with van der Waals surface area (Å²) in [6, 6.07) is 26.3. The molecule has 4 aromatic carbocycles. The zero-order valence-corrected chi connectivity index (χ0v) is 22.4. The van der Waals surface area contributed by atoms with Crippen molar-refractivity contribution in [1.82, 2.24) is 4.90 Å². The van der Waals surface area contributed by atoms with Crippen LogP contribution in [0, 0.1) is 0 Å². The molecule has 10 heteroatoms. The largest absolute Gasteiger partial charge is 0.457 e. The van der Waals surface area contributed by atoms with Crippen LogP contribution in [0.25, 0.3) is 0 Å². The molecule has 2 heterocycles. The number of para-hydroxylation sites is 2. The molecule has 2 aliphatic rings. The number of piperazine rings is 1. The molecule has 1 saturated heterocycles. The van der Waals surface area contributed by atoms with Gasteiger partial charge < -0.3 is 25.2 Å². The van der Waals surface area contributed by atoms with Crippen molar-refractivity contribution in [3.05, 3.63) is 114 Å². The number of carbonyl (C=O) groups excluding carboxylic acids is 2. The van der Waals surface area contributed by atoms with Crippen molar-refractivity contribution in [2.75, 3.05) is 41.7 Å². The maximum Gasteiger partial charge on any atom is 0.416 e. The predicted molar refractivity (Wildman–Crippen MR) is 154 cm³/mol. The van der Waals surface area contributed by atoms with Gasteiger partial charge in [-0.15, -0.1) is 0 Å². The molecule has 7 nitrogen and oxygen atoms in total. The fourth-order valence-electron chi connectivity index (χ4n) is 5.37. The van der Waals surface area contributed by atoms with Crippen LogP contribution in [0.5, 0.6) is 11.5 Å². The number of rotatable bonds is 4. The number of halogens is 3. The van der Waals surface area contributed by atoms with E-state index in [0.717, 1.165) is 28.9 Å². The summed E-state index contributed by atoms with van der Waals surface area (Å²) in [6.07, 6.45) is -4.50. The highest BCUT2D eigenvalue weighted by Crippen LogP contribution is 2.44. The number of amides is 3. The molecule has 0 atom stereocenters. The minimum absolute atomic E-state index is 0.0408. The Hall–Kier alpha value is -4.99. The maximum absolute atomic E-state index is 13.8. The van der Waals surface area contributed by atoms with E-state index in [1.165, 1.54) is 12.1 Å². The topological polar surface area (TPSA) is 73.9 Å². The van der Waals surface area contributed by atoms with Crippen LogP contribution in [-0.4, -0.2) is 43.0 Å². The molecule has 0 bridgehead atoms. The van der Waals surface area contributed by atoms with E-state index in [4.69, 9.17) is 4.74 Å². The highest BCUT2D eigenvalue weighted by atomic mass is 19.4. The second kappa shape index (κ2) is 11.1. The zero-order valence-electron chi connectivity index (χ0n) is 22.4. The van der Waals surface area contributed by atoms with Gasteiger partial charge in [-0.1, -0.05) is 42.5 Å². The fourth-order valence-corrected chi connectivity index (χ4v) is 5.37. The third-order valence-corrected chi connectivity index (χ3v) is 7.46. The lowest BCUT2D eigenvalue weighted by molar-refractivity contribution is -0.137. The molecule has 3 amide bonds. The van der Waals surface area contributed by atoms with E-state index in [0.29, 0.717) is 43.4 Å². The van der Waals surface area contributed by atoms with Crippen LogP contribution >= 0.6 is 0 Å². The minimum atomic E-state index is -4.50. The fraction of sp³-hybridized carbons (Fsp3) is 0.188. The Morgan fingerprint density at radius 2 is 1.31 bits per heavy atom. The van der Waals surface area contributed by atoms with Crippen molar-refractivity contribution >= 4 is 29.0 Å². The van der Waals surface area contributed by atoms with Gasteiger partial charge in [-0.3, -0.25) is 4.79 Å². The van der Waals surface area contributed by atoms with Gasteiger partial charge in [0.1, 0.15) is 11.5 Å². The van der Waals surface area contributed by atoms with Gasteiger partial charge in [0.25, 0.3) is 0 Å². The molecule has 0 aliphatic carbocycles. The van der Waals surface area contributed by atoms with E-state index in [9.17, 15) is 22.8 Å². The zero-order chi connectivity index (χ0) is 29.3. The summed E-state index contributed by atoms with van der Waals surface area (Å²) in [5.74, 6) is 1.02. The number of benzene rings is 4. The molecule has 6 rings (SSSR count). The Kier molecular flexibility index (Phi) is 7.20. The van der Waals surface area contributed by atoms with Gasteiger partial charge in [0.15, 0.2) is 0 Å². The summed E-state index contributed by atoms with van der Waals surface area (Å²) < 4.78 is 44.9. The highest BCUT2D eigenvalue weighted by Gasteiger charge is 2.36. The Labute approximate surface area is 240 Å². The normalized spacial score (nSPS) is 14.8. The number of alkyl halides is 3. The number of anilines is 3. The number of urea groups is 1. The molecule has 0 saturated carbocycles. The van der Waals surface area contributed by atoms with E-state index in [1.807, 2.05) is 65.6 Å². The molecule has 0 spiro atoms. The van der Waals surface area contributed by atoms with Crippen LogP contribution in [0.15, 0.2) is 97.1 Å². The van der Waals surface area contributed by atoms with Crippen molar-refractivity contribution in [2.24, 2.45) is 0 Å². The van der Waals surface area contributed by atoms with Crippen molar-refractivity contribution in [1.29, 1.82) is 0 Å². The summed E-state index contributed by atoms with van der Waals surface area (Å²) in [4.78, 5) is 30.2. The van der Waals surface area contributed by atoms with E-state index in [2.05, 4.69) is 15.5 Å². The van der Waals surface area contributed by atoms with Gasteiger partial charge >= 0.3 is 12.2 Å². The van der Waals surface area contributed by atoms with Gasteiger partial charge in [0.05, 0.1) is 11.5 Å². The summed E-state index contributed by atoms with van der Waals surface area (Å²) in [6.45, 7) is 2.39. The number of nitrogens with one attached hydrogen (secondary N) is 2. The third-order valence-electron chi connectivity index (χ3n) is 7.46. The lowest BCUT2D eigenvalue weighted by Crippen LogP contribution is -2.50. The first kappa shape index (κ1) is 27.2. The molecule has 42 heavy (non-hydrogen) atoms. The molecule has 0 aromatic heterocycles. The standard InChI is InChI=1S/C32H27F3N4O3/c33-32(34,35)21-6-5-7-23(20-21)37-31(41)36-22-12-14-24(15-13-22)38-16-18-39(19-17-38)30(40)29-25-8-1-3-10-27(25)42-28-11-4-2-9-26(28)29/h1-15,20,29H,16-19H2,(H2,36,37,41). The first-order valence-corrected chi connectivity index (χ1v) is 13.5. The van der Waals surface area contributed by atoms with Crippen molar-refractivity contribution in [3.8, 4) is 11.5 Å². The Morgan fingerprint density at radius 3 is 1.93 bits per heavy atom. The first-order valence-electron chi connectivity index (χ1n) is 13.5. The number of hydrogen-bond acceptors (Lipinski definition) is 4. The number of ether oxygens (including phenoxy) is 1. The summed E-state index contributed by atoms with van der Waals surface area (Å²) >= 11 is 0. The van der Waals surface area contributed by atoms with Crippen LogP contribution in [0.2, 0.25) is 0 Å². The predicted octanol–water partition coefficient (Wildman–Crippen LogP) is 6.94. The molecule has 0 radical (unpaired) electrons. The molecule has 2 N–H and O–H groups in total. The average Bonchev–Trinajstić information content (AvgIpc) is 2.99. The molecule has 1 fully saturated rings. The SMILES string of the molecule is O=C(Nc1ccc(N2CCN(C(=O)C3c4ccccc4Oc4ccccc43)CC2)cc1)Nc1cccc(C(F)(F)F)c1. The summed E-state index contributed by atoms with van der Waals surface area (Å²) in [7, 11) is 0. The van der Waals surface area contributed by atoms with E-state index >= 15 is 0 Å². The highest BCUT2D eigenvalue weighted by molar-refractivity contribution is 5.99. The van der Waals surface area contributed by atoms with E-state index in [-0.39, 0.29) is 11.6 Å². The van der Waals surface area contributed by atoms with Gasteiger partial charge in [-0.25, -0.2) is 4.79 Å². The van der Waals surface area contributed by atoms with Crippen LogP contribution in [-0.2, 0) is 11.0 Å². The van der Waals surface area contributed by atoms with Gasteiger partial charge in [-0.2, -0.15) is 13.2 Å². The first-order chi connectivity index (χ1) is 20.3. The van der Waals surface area contributed by atoms with Crippen molar-refractivity contribution < 1.29 is 27.5 Å². The Balaban J connectivity index is 1.07. The van der Waals surface area contributed by atoms with Crippen LogP contribution in [0.4, 0.5) is 35.0 Å². The number of nitrogens with zero attached hydrogens (tertiary/aromatic N) is 2. The monoisotopic (exact) mass is 572 g/mol. The van der Waals surface area contributed by atoms with Crippen molar-refractivity contribution in [2.45, 2.75) is 12.1 Å². The van der Waals surface area contributed by atoms with Crippen LogP contribution < -0.4 is 20.3 Å².